The maximum Gasteiger partial charge on any atom is 2.00 e. The monoisotopic (exact) mass is 3210 g/mol. The Morgan fingerprint density at radius 1 is 0.197 bits per heavy atom. The summed E-state index contributed by atoms with van der Waals surface area (Å²) in [6.45, 7) is 0. The van der Waals surface area contributed by atoms with Crippen LogP contribution in [0.25, 0.3) is 89.0 Å². The molecule has 20 aromatic rings. The van der Waals surface area contributed by atoms with Gasteiger partial charge in [0.1, 0.15) is 0 Å². The van der Waals surface area contributed by atoms with Gasteiger partial charge >= 0.3 is 873 Å². The van der Waals surface area contributed by atoms with Gasteiger partial charge in [0.2, 0.25) is 0 Å². The van der Waals surface area contributed by atoms with E-state index in [1.807, 2.05) is 122 Å². The molecule has 4 aliphatic rings. The second kappa shape index (κ2) is 44.0. The Hall–Kier alpha value is -10.7. The molecule has 0 saturated carbocycles. The zero-order chi connectivity index (χ0) is 88.8. The van der Waals surface area contributed by atoms with Crippen molar-refractivity contribution in [1.82, 2.24) is 39.9 Å². The third kappa shape index (κ3) is 20.5. The number of benzene rings is 12. The number of rotatable bonds is 16. The van der Waals surface area contributed by atoms with Gasteiger partial charge in [-0.3, -0.25) is 0 Å². The van der Waals surface area contributed by atoms with Crippen LogP contribution in [0.2, 0.25) is 0 Å². The summed E-state index contributed by atoms with van der Waals surface area (Å²) in [4.78, 5) is 35.6. The molecule has 12 nitrogen and oxygen atoms in total. The SMILES string of the molecule is [2H]c1ccc(Oc2[c-]c(-c3[c-][c]4c(cc3)-c3cccc[c]3[Bi]4[c]3ccccn3)ccc2)nc1.[2H]c1cccc(Oc2[c-]c(-c3[c-][c]4c(cc3)-c3cccc[c]3[Bi]4[c]3ccccn3)ccc2)n1.[2H]c1cccnc1Oc1[c-]c(-c2[c-][c]3c(cc2)-c2cccc[c]2[Bi]3[c]2ccccn2)ccc1.[2H]c1ccnc(Oc2[c-]c(-c3[c-][c]4c(cc3)-c3cccc[c]3[Bi]4[c]3ccccn3)ccc2)c1.[Pt+2].[Pt+2].[Pt+2].[Pt+2]. The summed E-state index contributed by atoms with van der Waals surface area (Å²) in [5.41, 5.74) is 18.0. The van der Waals surface area contributed by atoms with Crippen molar-refractivity contribution in [3.05, 3.63) is 462 Å². The fourth-order valence-electron chi connectivity index (χ4n) is 15.7. The van der Waals surface area contributed by atoms with Gasteiger partial charge in [-0.05, 0) is 0 Å². The van der Waals surface area contributed by atoms with Crippen LogP contribution in [0.15, 0.2) is 413 Å². The minimum atomic E-state index is -2.52. The molecule has 0 unspecified atom stereocenters. The van der Waals surface area contributed by atoms with Crippen molar-refractivity contribution in [2.24, 2.45) is 0 Å². The van der Waals surface area contributed by atoms with Crippen molar-refractivity contribution in [2.75, 3.05) is 0 Å². The van der Waals surface area contributed by atoms with Gasteiger partial charge in [0.15, 0.2) is 0 Å². The molecule has 20 heteroatoms. The Morgan fingerprint density at radius 2 is 0.485 bits per heavy atom. The number of aromatic nitrogens is 8. The summed E-state index contributed by atoms with van der Waals surface area (Å²) in [6.07, 6.45) is 12.4. The largest absolute Gasteiger partial charge is 2.00 e. The van der Waals surface area contributed by atoms with E-state index in [2.05, 4.69) is 263 Å². The summed E-state index contributed by atoms with van der Waals surface area (Å²) in [6, 6.07) is 145. The van der Waals surface area contributed by atoms with Crippen LogP contribution in [0.5, 0.6) is 46.5 Å². The molecule has 12 aromatic carbocycles. The molecular formula is C112H68Bi4N8O4Pt4. The van der Waals surface area contributed by atoms with E-state index in [1.54, 1.807) is 67.0 Å². The van der Waals surface area contributed by atoms with Gasteiger partial charge in [-0.25, -0.2) is 0 Å². The molecule has 0 bridgehead atoms. The van der Waals surface area contributed by atoms with Crippen molar-refractivity contribution in [3.63, 3.8) is 0 Å². The molecule has 12 heterocycles. The van der Waals surface area contributed by atoms with Crippen LogP contribution in [-0.2, 0) is 84.3 Å². The fourth-order valence-corrected chi connectivity index (χ4v) is 54.1. The van der Waals surface area contributed by atoms with E-state index in [9.17, 15) is 0 Å². The molecule has 4 aliphatic heterocycles. The van der Waals surface area contributed by atoms with Gasteiger partial charge in [-0.15, -0.1) is 0 Å². The first-order chi connectivity index (χ1) is 65.1. The topological polar surface area (TPSA) is 140 Å². The minimum Gasteiger partial charge on any atom is 2.00 e. The second-order valence-electron chi connectivity index (χ2n) is 29.2. The minimum absolute atomic E-state index is 0. The zero-order valence-corrected chi connectivity index (χ0v) is 92.2. The van der Waals surface area contributed by atoms with Crippen molar-refractivity contribution in [1.29, 1.82) is 0 Å². The average Bonchev–Trinajstić information content (AvgIpc) is 1.61. The molecule has 0 fully saturated rings. The zero-order valence-electron chi connectivity index (χ0n) is 73.2. The molecule has 640 valence electrons. The van der Waals surface area contributed by atoms with Crippen LogP contribution in [-0.4, -0.2) is 127 Å². The molecule has 0 amide bonds. The van der Waals surface area contributed by atoms with E-state index in [0.717, 1.165) is 44.5 Å². The van der Waals surface area contributed by atoms with Crippen LogP contribution < -0.4 is 58.7 Å². The Balaban J connectivity index is 0.000000125. The van der Waals surface area contributed by atoms with Gasteiger partial charge < -0.3 is 0 Å². The van der Waals surface area contributed by atoms with Crippen LogP contribution in [0, 0.1) is 48.5 Å². The Kier molecular flexibility index (Phi) is 29.3. The molecule has 0 radical (unpaired) electrons. The van der Waals surface area contributed by atoms with Gasteiger partial charge in [0.25, 0.3) is 0 Å². The summed E-state index contributed by atoms with van der Waals surface area (Å²) < 4.78 is 70.4. The molecule has 0 N–H and O–H groups in total. The number of hydrogen-bond donors (Lipinski definition) is 0. The Labute approximate surface area is 862 Å². The third-order valence-corrected chi connectivity index (χ3v) is 58.5. The van der Waals surface area contributed by atoms with Crippen molar-refractivity contribution in [3.8, 4) is 136 Å². The fraction of sp³-hybridized carbons (Fsp3) is 0. The van der Waals surface area contributed by atoms with E-state index >= 15 is 0 Å². The van der Waals surface area contributed by atoms with E-state index in [-0.39, 0.29) is 102 Å². The molecule has 0 atom stereocenters. The van der Waals surface area contributed by atoms with Crippen molar-refractivity contribution >= 4 is 127 Å². The van der Waals surface area contributed by atoms with Crippen molar-refractivity contribution in [2.45, 2.75) is 0 Å². The third-order valence-electron chi connectivity index (χ3n) is 21.3. The predicted octanol–water partition coefficient (Wildman–Crippen LogP) is 16.1. The average molecular weight is 3210 g/mol. The van der Waals surface area contributed by atoms with Gasteiger partial charge in [0.05, 0.1) is 0 Å². The van der Waals surface area contributed by atoms with Crippen LogP contribution in [0.3, 0.4) is 0 Å². The van der Waals surface area contributed by atoms with E-state index in [4.69, 9.17) is 44.4 Å². The van der Waals surface area contributed by atoms with Gasteiger partial charge in [-0.1, -0.05) is 0 Å². The van der Waals surface area contributed by atoms with Crippen LogP contribution >= 0.6 is 0 Å². The number of fused-ring (bicyclic) bond motifs is 12. The van der Waals surface area contributed by atoms with Gasteiger partial charge in [0, 0.05) is 0 Å². The van der Waals surface area contributed by atoms with E-state index in [1.165, 1.54) is 90.5 Å². The number of hydrogen-bond acceptors (Lipinski definition) is 12. The van der Waals surface area contributed by atoms with Crippen LogP contribution in [0.4, 0.5) is 0 Å². The number of pyridine rings is 8. The Bertz CT molecular complexity index is 7480. The van der Waals surface area contributed by atoms with Crippen molar-refractivity contribution < 1.29 is 109 Å². The quantitative estimate of drug-likeness (QED) is 0.0672. The smallest absolute Gasteiger partial charge is 2.00 e. The molecule has 8 aromatic heterocycles. The molecule has 132 heavy (non-hydrogen) atoms. The first kappa shape index (κ1) is 87.9. The normalized spacial score (nSPS) is 12.3. The first-order valence-corrected chi connectivity index (χ1v) is 61.9. The standard InChI is InChI=1S/4C23H13NO.4C5H4N.4Bi.4Pt/c4*1-2-7-18(8-3-1)19-12-14-20(15-13-19)21-9-6-10-22(17-21)25-23-11-4-5-16-24-23;4*1-2-4-6-5-3-1;;;;;;;;/h4*1-7,9-12,14,16H;4*1-4H;;;;;;;;/q4*-2;;;;;;;;;4*+2/i16D;11D;5D;4D;;;;;;;;;;;;. The summed E-state index contributed by atoms with van der Waals surface area (Å²) in [7, 11) is 0. The summed E-state index contributed by atoms with van der Waals surface area (Å²) >= 11 is -10.1. The molecular weight excluding hydrogens is 3140 g/mol. The van der Waals surface area contributed by atoms with E-state index in [0.29, 0.717) is 52.7 Å². The first-order valence-electron chi connectivity index (χ1n) is 43.1. The summed E-state index contributed by atoms with van der Waals surface area (Å²) in [5.74, 6) is 3.72. The molecule has 0 spiro atoms. The number of nitrogens with zero attached hydrogens (tertiary/aromatic N) is 8. The van der Waals surface area contributed by atoms with E-state index < -0.39 is 87.0 Å². The predicted molar refractivity (Wildman–Crippen MR) is 513 cm³/mol. The maximum atomic E-state index is 7.98. The molecule has 0 saturated heterocycles. The van der Waals surface area contributed by atoms with Crippen LogP contribution in [0.1, 0.15) is 5.48 Å². The second-order valence-corrected chi connectivity index (χ2v) is 61.2. The maximum absolute atomic E-state index is 7.98. The number of ether oxygens (including phenoxy) is 4. The molecule has 0 aliphatic carbocycles. The summed E-state index contributed by atoms with van der Waals surface area (Å²) in [5, 5.41) is 0. The Morgan fingerprint density at radius 3 is 0.818 bits per heavy atom. The molecule has 24 rings (SSSR count). The van der Waals surface area contributed by atoms with Gasteiger partial charge in [-0.2, -0.15) is 0 Å².